The number of carbonyl (C=O) groups excluding carboxylic acids is 2. The summed E-state index contributed by atoms with van der Waals surface area (Å²) in [6.45, 7) is 1.32. The van der Waals surface area contributed by atoms with E-state index in [4.69, 9.17) is 0 Å². The minimum absolute atomic E-state index is 0.205. The van der Waals surface area contributed by atoms with Crippen LogP contribution >= 0.6 is 15.9 Å². The largest absolute Gasteiger partial charge is 0.325 e. The van der Waals surface area contributed by atoms with E-state index in [9.17, 15) is 14.0 Å². The molecule has 1 aromatic carbocycles. The molecule has 0 aliphatic rings. The topological polar surface area (TPSA) is 46.2 Å². The van der Waals surface area contributed by atoms with E-state index in [1.165, 1.54) is 25.1 Å². The number of hydrogen-bond acceptors (Lipinski definition) is 2. The predicted molar refractivity (Wildman–Crippen MR) is 58.0 cm³/mol. The van der Waals surface area contributed by atoms with Crippen LogP contribution in [0.2, 0.25) is 0 Å². The molecule has 0 saturated carbocycles. The second-order valence-electron chi connectivity index (χ2n) is 3.05. The molecule has 1 rings (SSSR count). The van der Waals surface area contributed by atoms with Gasteiger partial charge in [-0.2, -0.15) is 0 Å². The standard InChI is InChI=1S/C10H9BrFNO2/c1-6(14)4-10(15)13-9-5-7(12)2-3-8(9)11/h2-3,5H,4H2,1H3,(H,13,15). The Morgan fingerprint density at radius 2 is 2.13 bits per heavy atom. The molecule has 0 radical (unpaired) electrons. The van der Waals surface area contributed by atoms with Crippen molar-refractivity contribution in [1.29, 1.82) is 0 Å². The summed E-state index contributed by atoms with van der Waals surface area (Å²) in [6, 6.07) is 3.94. The van der Waals surface area contributed by atoms with Gasteiger partial charge in [-0.05, 0) is 41.1 Å². The Kier molecular flexibility index (Phi) is 3.96. The first kappa shape index (κ1) is 11.8. The van der Waals surface area contributed by atoms with Crippen molar-refractivity contribution in [1.82, 2.24) is 0 Å². The molecule has 3 nitrogen and oxygen atoms in total. The van der Waals surface area contributed by atoms with E-state index in [0.717, 1.165) is 0 Å². The highest BCUT2D eigenvalue weighted by Gasteiger charge is 2.08. The van der Waals surface area contributed by atoms with Crippen molar-refractivity contribution in [3.8, 4) is 0 Å². The lowest BCUT2D eigenvalue weighted by Gasteiger charge is -2.06. The smallest absolute Gasteiger partial charge is 0.231 e. The molecule has 0 saturated heterocycles. The first-order chi connectivity index (χ1) is 6.99. The summed E-state index contributed by atoms with van der Waals surface area (Å²) < 4.78 is 13.4. The van der Waals surface area contributed by atoms with Crippen molar-refractivity contribution in [2.24, 2.45) is 0 Å². The van der Waals surface area contributed by atoms with Gasteiger partial charge < -0.3 is 5.32 Å². The van der Waals surface area contributed by atoms with E-state index >= 15 is 0 Å². The van der Waals surface area contributed by atoms with E-state index in [2.05, 4.69) is 21.2 Å². The molecule has 0 unspecified atom stereocenters. The summed E-state index contributed by atoms with van der Waals surface area (Å²) >= 11 is 3.16. The van der Waals surface area contributed by atoms with Gasteiger partial charge in [-0.15, -0.1) is 0 Å². The zero-order chi connectivity index (χ0) is 11.4. The predicted octanol–water partition coefficient (Wildman–Crippen LogP) is 2.51. The highest BCUT2D eigenvalue weighted by Crippen LogP contribution is 2.23. The number of nitrogens with one attached hydrogen (secondary N) is 1. The van der Waals surface area contributed by atoms with E-state index in [1.807, 2.05) is 0 Å². The van der Waals surface area contributed by atoms with Crippen LogP contribution < -0.4 is 5.32 Å². The third kappa shape index (κ3) is 3.79. The molecule has 15 heavy (non-hydrogen) atoms. The van der Waals surface area contributed by atoms with Crippen molar-refractivity contribution in [3.05, 3.63) is 28.5 Å². The van der Waals surface area contributed by atoms with Crippen LogP contribution in [0.25, 0.3) is 0 Å². The third-order valence-corrected chi connectivity index (χ3v) is 2.30. The molecule has 0 spiro atoms. The lowest BCUT2D eigenvalue weighted by Crippen LogP contribution is -2.15. The Morgan fingerprint density at radius 3 is 2.73 bits per heavy atom. The molecule has 0 fully saturated rings. The third-order valence-electron chi connectivity index (χ3n) is 1.61. The minimum atomic E-state index is -0.450. The van der Waals surface area contributed by atoms with Gasteiger partial charge in [0.25, 0.3) is 0 Å². The van der Waals surface area contributed by atoms with Gasteiger partial charge in [0.05, 0.1) is 12.1 Å². The quantitative estimate of drug-likeness (QED) is 0.861. The number of Topliss-reactive ketones (excluding diaryl/α,β-unsaturated/α-hetero) is 1. The molecule has 1 N–H and O–H groups in total. The summed E-state index contributed by atoms with van der Waals surface area (Å²) in [4.78, 5) is 21.9. The summed E-state index contributed by atoms with van der Waals surface area (Å²) in [7, 11) is 0. The molecular formula is C10H9BrFNO2. The van der Waals surface area contributed by atoms with Gasteiger partial charge in [0.15, 0.2) is 0 Å². The minimum Gasteiger partial charge on any atom is -0.325 e. The van der Waals surface area contributed by atoms with Crippen LogP contribution in [0.1, 0.15) is 13.3 Å². The Hall–Kier alpha value is -1.23. The molecule has 0 heterocycles. The van der Waals surface area contributed by atoms with Crippen molar-refractivity contribution >= 4 is 33.3 Å². The molecule has 1 aromatic rings. The van der Waals surface area contributed by atoms with Gasteiger partial charge in [0, 0.05) is 4.47 Å². The molecule has 0 atom stereocenters. The monoisotopic (exact) mass is 273 g/mol. The fraction of sp³-hybridized carbons (Fsp3) is 0.200. The fourth-order valence-electron chi connectivity index (χ4n) is 1.01. The van der Waals surface area contributed by atoms with Crippen molar-refractivity contribution in [2.45, 2.75) is 13.3 Å². The SMILES string of the molecule is CC(=O)CC(=O)Nc1cc(F)ccc1Br. The van der Waals surface area contributed by atoms with Crippen LogP contribution in [0.5, 0.6) is 0 Å². The molecule has 5 heteroatoms. The lowest BCUT2D eigenvalue weighted by molar-refractivity contribution is -0.124. The number of halogens is 2. The Bertz CT molecular complexity index is 406. The second-order valence-corrected chi connectivity index (χ2v) is 3.91. The molecule has 0 aliphatic heterocycles. The normalized spacial score (nSPS) is 9.80. The highest BCUT2D eigenvalue weighted by atomic mass is 79.9. The Labute approximate surface area is 94.8 Å². The molecule has 0 aromatic heterocycles. The summed E-state index contributed by atoms with van der Waals surface area (Å²) in [5.41, 5.74) is 0.321. The molecule has 80 valence electrons. The second kappa shape index (κ2) is 5.02. The van der Waals surface area contributed by atoms with Gasteiger partial charge in [0.1, 0.15) is 11.6 Å². The summed E-state index contributed by atoms with van der Waals surface area (Å²) in [5.74, 6) is -1.13. The maximum Gasteiger partial charge on any atom is 0.231 e. The fourth-order valence-corrected chi connectivity index (χ4v) is 1.36. The average molecular weight is 274 g/mol. The van der Waals surface area contributed by atoms with Crippen molar-refractivity contribution < 1.29 is 14.0 Å². The number of carbonyl (C=O) groups is 2. The van der Waals surface area contributed by atoms with E-state index in [-0.39, 0.29) is 12.2 Å². The first-order valence-corrected chi connectivity index (χ1v) is 5.02. The number of benzene rings is 1. The Morgan fingerprint density at radius 1 is 1.47 bits per heavy atom. The number of anilines is 1. The van der Waals surface area contributed by atoms with Crippen LogP contribution in [-0.4, -0.2) is 11.7 Å². The van der Waals surface area contributed by atoms with Crippen LogP contribution in [0, 0.1) is 5.82 Å². The van der Waals surface area contributed by atoms with E-state index in [1.54, 1.807) is 0 Å². The van der Waals surface area contributed by atoms with Gasteiger partial charge in [-0.3, -0.25) is 9.59 Å². The lowest BCUT2D eigenvalue weighted by atomic mass is 10.2. The zero-order valence-electron chi connectivity index (χ0n) is 8.01. The van der Waals surface area contributed by atoms with Gasteiger partial charge >= 0.3 is 0 Å². The molecule has 0 bridgehead atoms. The van der Waals surface area contributed by atoms with Crippen molar-refractivity contribution in [3.63, 3.8) is 0 Å². The van der Waals surface area contributed by atoms with Gasteiger partial charge in [0.2, 0.25) is 5.91 Å². The van der Waals surface area contributed by atoms with E-state index in [0.29, 0.717) is 10.2 Å². The molecule has 0 aliphatic carbocycles. The number of ketones is 1. The van der Waals surface area contributed by atoms with Crippen molar-refractivity contribution in [2.75, 3.05) is 5.32 Å². The number of amides is 1. The number of rotatable bonds is 3. The van der Waals surface area contributed by atoms with Gasteiger partial charge in [-0.1, -0.05) is 0 Å². The molecule has 1 amide bonds. The summed E-state index contributed by atoms with van der Waals surface area (Å²) in [5, 5.41) is 2.44. The molecular weight excluding hydrogens is 265 g/mol. The van der Waals surface area contributed by atoms with Gasteiger partial charge in [-0.25, -0.2) is 4.39 Å². The highest BCUT2D eigenvalue weighted by molar-refractivity contribution is 9.10. The maximum absolute atomic E-state index is 12.8. The van der Waals surface area contributed by atoms with Crippen LogP contribution in [0.3, 0.4) is 0 Å². The number of hydrogen-bond donors (Lipinski definition) is 1. The Balaban J connectivity index is 2.76. The zero-order valence-corrected chi connectivity index (χ0v) is 9.60. The maximum atomic E-state index is 12.8. The van der Waals surface area contributed by atoms with Crippen LogP contribution in [0.4, 0.5) is 10.1 Å². The first-order valence-electron chi connectivity index (χ1n) is 4.23. The van der Waals surface area contributed by atoms with Crippen LogP contribution in [0.15, 0.2) is 22.7 Å². The van der Waals surface area contributed by atoms with E-state index < -0.39 is 11.7 Å². The summed E-state index contributed by atoms with van der Waals surface area (Å²) in [6.07, 6.45) is -0.205. The van der Waals surface area contributed by atoms with Crippen LogP contribution in [-0.2, 0) is 9.59 Å². The average Bonchev–Trinajstić information content (AvgIpc) is 2.10.